The summed E-state index contributed by atoms with van der Waals surface area (Å²) in [5.41, 5.74) is 6.42. The number of aliphatic imine (C=N–C) groups is 1. The van der Waals surface area contributed by atoms with Gasteiger partial charge in [-0.2, -0.15) is 0 Å². The molecule has 1 atom stereocenters. The highest BCUT2D eigenvalue weighted by atomic mass is 15.0. The fraction of sp³-hybridized carbons (Fsp3) is 0.909. The standard InChI is InChI=1S/C11H20N2/c1-11(2)7-9(11)13-10(12)8-5-3-4-6-8/h8-9H,3-7H2,1-2H3,(H2,12,13). The monoisotopic (exact) mass is 180 g/mol. The van der Waals surface area contributed by atoms with Gasteiger partial charge in [0.25, 0.3) is 0 Å². The van der Waals surface area contributed by atoms with Crippen molar-refractivity contribution in [3.05, 3.63) is 0 Å². The van der Waals surface area contributed by atoms with E-state index in [1.165, 1.54) is 32.1 Å². The first kappa shape index (κ1) is 9.04. The van der Waals surface area contributed by atoms with Crippen LogP contribution in [0, 0.1) is 11.3 Å². The van der Waals surface area contributed by atoms with Crippen LogP contribution in [0.4, 0.5) is 0 Å². The van der Waals surface area contributed by atoms with E-state index in [1.54, 1.807) is 0 Å². The van der Waals surface area contributed by atoms with Gasteiger partial charge in [-0.05, 0) is 24.7 Å². The predicted octanol–water partition coefficient (Wildman–Crippen LogP) is 2.33. The molecule has 2 nitrogen and oxygen atoms in total. The molecule has 1 unspecified atom stereocenters. The molecule has 0 aromatic rings. The third-order valence-electron chi connectivity index (χ3n) is 3.54. The molecule has 0 aromatic carbocycles. The molecule has 0 amide bonds. The van der Waals surface area contributed by atoms with Crippen molar-refractivity contribution in [3.8, 4) is 0 Å². The summed E-state index contributed by atoms with van der Waals surface area (Å²) < 4.78 is 0. The van der Waals surface area contributed by atoms with E-state index in [-0.39, 0.29) is 0 Å². The first-order valence-electron chi connectivity index (χ1n) is 5.43. The van der Waals surface area contributed by atoms with Crippen molar-refractivity contribution < 1.29 is 0 Å². The number of nitrogens with two attached hydrogens (primary N) is 1. The quantitative estimate of drug-likeness (QED) is 0.514. The summed E-state index contributed by atoms with van der Waals surface area (Å²) in [6.07, 6.45) is 6.44. The van der Waals surface area contributed by atoms with Crippen LogP contribution in [0.15, 0.2) is 4.99 Å². The first-order valence-corrected chi connectivity index (χ1v) is 5.43. The summed E-state index contributed by atoms with van der Waals surface area (Å²) >= 11 is 0. The molecule has 13 heavy (non-hydrogen) atoms. The molecule has 2 N–H and O–H groups in total. The summed E-state index contributed by atoms with van der Waals surface area (Å²) in [7, 11) is 0. The highest BCUT2D eigenvalue weighted by molar-refractivity contribution is 5.83. The first-order chi connectivity index (χ1) is 6.09. The fourth-order valence-electron chi connectivity index (χ4n) is 2.17. The minimum Gasteiger partial charge on any atom is -0.387 e. The lowest BCUT2D eigenvalue weighted by Crippen LogP contribution is -2.22. The highest BCUT2D eigenvalue weighted by Gasteiger charge is 2.46. The second kappa shape index (κ2) is 3.00. The number of hydrogen-bond donors (Lipinski definition) is 1. The van der Waals surface area contributed by atoms with E-state index in [9.17, 15) is 0 Å². The van der Waals surface area contributed by atoms with Crippen LogP contribution in [0.2, 0.25) is 0 Å². The Bertz CT molecular complexity index is 224. The Morgan fingerprint density at radius 3 is 2.31 bits per heavy atom. The SMILES string of the molecule is CC1(C)CC1N=C(N)C1CCCC1. The van der Waals surface area contributed by atoms with E-state index < -0.39 is 0 Å². The molecule has 0 saturated heterocycles. The van der Waals surface area contributed by atoms with E-state index in [0.29, 0.717) is 17.4 Å². The largest absolute Gasteiger partial charge is 0.387 e. The summed E-state index contributed by atoms with van der Waals surface area (Å²) in [6.45, 7) is 4.53. The van der Waals surface area contributed by atoms with Crippen molar-refractivity contribution >= 4 is 5.84 Å². The Morgan fingerprint density at radius 1 is 1.31 bits per heavy atom. The van der Waals surface area contributed by atoms with Gasteiger partial charge in [0.05, 0.1) is 11.9 Å². The van der Waals surface area contributed by atoms with Gasteiger partial charge in [-0.25, -0.2) is 0 Å². The lowest BCUT2D eigenvalue weighted by Gasteiger charge is -2.08. The second-order valence-electron chi connectivity index (χ2n) is 5.24. The summed E-state index contributed by atoms with van der Waals surface area (Å²) in [5.74, 6) is 1.55. The zero-order valence-electron chi connectivity index (χ0n) is 8.71. The van der Waals surface area contributed by atoms with Crippen LogP contribution >= 0.6 is 0 Å². The normalized spacial score (nSPS) is 33.7. The molecule has 0 heterocycles. The lowest BCUT2D eigenvalue weighted by molar-refractivity contribution is 0.613. The van der Waals surface area contributed by atoms with Gasteiger partial charge in [0.15, 0.2) is 0 Å². The smallest absolute Gasteiger partial charge is 0.0972 e. The van der Waals surface area contributed by atoms with E-state index in [2.05, 4.69) is 18.8 Å². The Hall–Kier alpha value is -0.530. The minimum absolute atomic E-state index is 0.434. The van der Waals surface area contributed by atoms with Crippen molar-refractivity contribution in [3.63, 3.8) is 0 Å². The van der Waals surface area contributed by atoms with Crippen molar-refractivity contribution in [2.45, 2.75) is 52.0 Å². The van der Waals surface area contributed by atoms with Crippen LogP contribution in [-0.4, -0.2) is 11.9 Å². The average molecular weight is 180 g/mol. The maximum atomic E-state index is 5.99. The predicted molar refractivity (Wildman–Crippen MR) is 55.8 cm³/mol. The summed E-state index contributed by atoms with van der Waals surface area (Å²) in [6, 6.07) is 0.521. The molecule has 0 radical (unpaired) electrons. The van der Waals surface area contributed by atoms with E-state index in [4.69, 9.17) is 5.73 Å². The number of nitrogens with zero attached hydrogens (tertiary/aromatic N) is 1. The zero-order valence-corrected chi connectivity index (χ0v) is 8.71. The Kier molecular flexibility index (Phi) is 2.09. The topological polar surface area (TPSA) is 38.4 Å². The molecule has 2 rings (SSSR count). The van der Waals surface area contributed by atoms with Gasteiger partial charge in [-0.15, -0.1) is 0 Å². The molecule has 2 saturated carbocycles. The van der Waals surface area contributed by atoms with Gasteiger partial charge in [-0.1, -0.05) is 26.7 Å². The van der Waals surface area contributed by atoms with Crippen molar-refractivity contribution in [1.82, 2.24) is 0 Å². The maximum absolute atomic E-state index is 5.99. The average Bonchev–Trinajstić information content (AvgIpc) is 2.58. The van der Waals surface area contributed by atoms with Gasteiger partial charge in [-0.3, -0.25) is 4.99 Å². The van der Waals surface area contributed by atoms with Gasteiger partial charge in [0, 0.05) is 5.92 Å². The third kappa shape index (κ3) is 1.87. The van der Waals surface area contributed by atoms with Crippen molar-refractivity contribution in [2.24, 2.45) is 22.1 Å². The number of rotatable bonds is 2. The molecular formula is C11H20N2. The number of amidine groups is 1. The third-order valence-corrected chi connectivity index (χ3v) is 3.54. The minimum atomic E-state index is 0.434. The molecule has 0 aliphatic heterocycles. The molecule has 0 aromatic heterocycles. The fourth-order valence-corrected chi connectivity index (χ4v) is 2.17. The van der Waals surface area contributed by atoms with E-state index >= 15 is 0 Å². The highest BCUT2D eigenvalue weighted by Crippen LogP contribution is 2.47. The van der Waals surface area contributed by atoms with Crippen molar-refractivity contribution in [1.29, 1.82) is 0 Å². The van der Waals surface area contributed by atoms with E-state index in [0.717, 1.165) is 5.84 Å². The molecule has 0 bridgehead atoms. The Balaban J connectivity index is 1.92. The van der Waals surface area contributed by atoms with Crippen molar-refractivity contribution in [2.75, 3.05) is 0 Å². The molecule has 74 valence electrons. The van der Waals surface area contributed by atoms with Crippen LogP contribution in [-0.2, 0) is 0 Å². The molecule has 2 aliphatic carbocycles. The van der Waals surface area contributed by atoms with Gasteiger partial charge in [0.1, 0.15) is 0 Å². The second-order valence-corrected chi connectivity index (χ2v) is 5.24. The molecule has 2 heteroatoms. The van der Waals surface area contributed by atoms with Crippen LogP contribution in [0.3, 0.4) is 0 Å². The van der Waals surface area contributed by atoms with Crippen LogP contribution in [0.5, 0.6) is 0 Å². The molecular weight excluding hydrogens is 160 g/mol. The Labute approximate surface area is 80.6 Å². The van der Waals surface area contributed by atoms with Crippen LogP contribution < -0.4 is 5.73 Å². The summed E-state index contributed by atoms with van der Waals surface area (Å²) in [4.78, 5) is 4.62. The zero-order chi connectivity index (χ0) is 9.47. The van der Waals surface area contributed by atoms with Gasteiger partial charge >= 0.3 is 0 Å². The van der Waals surface area contributed by atoms with Gasteiger partial charge < -0.3 is 5.73 Å². The Morgan fingerprint density at radius 2 is 1.85 bits per heavy atom. The number of hydrogen-bond acceptors (Lipinski definition) is 1. The molecule has 2 fully saturated rings. The van der Waals surface area contributed by atoms with Crippen LogP contribution in [0.1, 0.15) is 46.0 Å². The summed E-state index contributed by atoms with van der Waals surface area (Å²) in [5, 5.41) is 0. The molecule has 2 aliphatic rings. The maximum Gasteiger partial charge on any atom is 0.0972 e. The van der Waals surface area contributed by atoms with E-state index in [1.807, 2.05) is 0 Å². The molecule has 0 spiro atoms. The van der Waals surface area contributed by atoms with Gasteiger partial charge in [0.2, 0.25) is 0 Å². The van der Waals surface area contributed by atoms with Crippen LogP contribution in [0.25, 0.3) is 0 Å². The lowest BCUT2D eigenvalue weighted by atomic mass is 10.1.